The molecule has 9 heteroatoms. The van der Waals surface area contributed by atoms with Crippen molar-refractivity contribution in [3.8, 4) is 17.2 Å². The Hall–Kier alpha value is -3.46. The van der Waals surface area contributed by atoms with Crippen LogP contribution in [-0.2, 0) is 4.79 Å². The van der Waals surface area contributed by atoms with Gasteiger partial charge >= 0.3 is 0 Å². The summed E-state index contributed by atoms with van der Waals surface area (Å²) in [5.41, 5.74) is 3.15. The predicted molar refractivity (Wildman–Crippen MR) is 127 cm³/mol. The van der Waals surface area contributed by atoms with E-state index in [2.05, 4.69) is 5.32 Å². The molecular formula is C24H26N2O6S. The number of imide groups is 1. The van der Waals surface area contributed by atoms with Crippen molar-refractivity contribution in [3.05, 3.63) is 57.5 Å². The number of hydrogen-bond acceptors (Lipinski definition) is 7. The average Bonchev–Trinajstić information content (AvgIpc) is 3.04. The highest BCUT2D eigenvalue weighted by atomic mass is 32.2. The number of nitrogens with zero attached hydrogens (tertiary/aromatic N) is 1. The van der Waals surface area contributed by atoms with Crippen LogP contribution in [0.2, 0.25) is 0 Å². The van der Waals surface area contributed by atoms with Crippen LogP contribution in [0, 0.1) is 13.8 Å². The highest BCUT2D eigenvalue weighted by Gasteiger charge is 2.34. The number of ether oxygens (including phenoxy) is 3. The lowest BCUT2D eigenvalue weighted by Crippen LogP contribution is -2.37. The van der Waals surface area contributed by atoms with E-state index in [-0.39, 0.29) is 29.1 Å². The lowest BCUT2D eigenvalue weighted by Gasteiger charge is -2.14. The molecule has 1 heterocycles. The zero-order chi connectivity index (χ0) is 24.1. The van der Waals surface area contributed by atoms with Gasteiger partial charge in [-0.05, 0) is 61.5 Å². The zero-order valence-electron chi connectivity index (χ0n) is 19.2. The molecule has 1 aliphatic rings. The van der Waals surface area contributed by atoms with Crippen molar-refractivity contribution in [1.29, 1.82) is 0 Å². The fourth-order valence-corrected chi connectivity index (χ4v) is 4.38. The molecule has 2 aromatic carbocycles. The number of carbonyl (C=O) groups is 3. The zero-order valence-corrected chi connectivity index (χ0v) is 20.0. The highest BCUT2D eigenvalue weighted by Crippen LogP contribution is 2.40. The Bertz CT molecular complexity index is 1080. The van der Waals surface area contributed by atoms with E-state index < -0.39 is 5.91 Å². The fourth-order valence-electron chi connectivity index (χ4n) is 3.52. The van der Waals surface area contributed by atoms with Crippen LogP contribution in [0.4, 0.5) is 4.79 Å². The first kappa shape index (κ1) is 24.2. The van der Waals surface area contributed by atoms with E-state index in [1.54, 1.807) is 30.3 Å². The van der Waals surface area contributed by atoms with Crippen molar-refractivity contribution >= 4 is 34.9 Å². The normalized spacial score (nSPS) is 14.6. The van der Waals surface area contributed by atoms with Crippen molar-refractivity contribution in [1.82, 2.24) is 10.2 Å². The number of nitrogens with one attached hydrogen (secondary N) is 1. The summed E-state index contributed by atoms with van der Waals surface area (Å²) in [5, 5.41) is 2.38. The van der Waals surface area contributed by atoms with E-state index in [1.807, 2.05) is 19.9 Å². The molecule has 0 saturated carbocycles. The van der Waals surface area contributed by atoms with E-state index in [9.17, 15) is 14.4 Å². The number of amides is 3. The van der Waals surface area contributed by atoms with Crippen molar-refractivity contribution in [2.75, 3.05) is 34.4 Å². The number of hydrogen-bond donors (Lipinski definition) is 1. The second kappa shape index (κ2) is 10.4. The minimum absolute atomic E-state index is 0.0772. The van der Waals surface area contributed by atoms with Crippen LogP contribution in [0.5, 0.6) is 17.2 Å². The van der Waals surface area contributed by atoms with Crippen LogP contribution >= 0.6 is 11.8 Å². The molecule has 3 rings (SSSR count). The summed E-state index contributed by atoms with van der Waals surface area (Å²) in [5.74, 6) is 0.652. The number of methoxy groups -OCH3 is 3. The molecule has 0 bridgehead atoms. The SMILES string of the molecule is COc1cc(/C=C2\SC(=O)N(CCNC(=O)c3cc(C)cc(C)c3)C2=O)cc(OC)c1OC. The van der Waals surface area contributed by atoms with Crippen LogP contribution in [0.1, 0.15) is 27.0 Å². The van der Waals surface area contributed by atoms with Crippen LogP contribution in [0.3, 0.4) is 0 Å². The maximum absolute atomic E-state index is 12.8. The van der Waals surface area contributed by atoms with Gasteiger partial charge in [-0.25, -0.2) is 0 Å². The standard InChI is InChI=1S/C24H26N2O6S/c1-14-8-15(2)10-17(9-14)22(27)25-6-7-26-23(28)20(33-24(26)29)13-16-11-18(30-3)21(32-5)19(12-16)31-4/h8-13H,6-7H2,1-5H3,(H,25,27)/b20-13-. The monoisotopic (exact) mass is 470 g/mol. The van der Waals surface area contributed by atoms with Crippen LogP contribution in [-0.4, -0.2) is 56.4 Å². The Kier molecular flexibility index (Phi) is 7.65. The van der Waals surface area contributed by atoms with E-state index >= 15 is 0 Å². The van der Waals surface area contributed by atoms with E-state index in [4.69, 9.17) is 14.2 Å². The average molecular weight is 471 g/mol. The number of thioether (sulfide) groups is 1. The lowest BCUT2D eigenvalue weighted by molar-refractivity contribution is -0.122. The Labute approximate surface area is 196 Å². The molecule has 1 fully saturated rings. The van der Waals surface area contributed by atoms with Crippen molar-refractivity contribution in [2.24, 2.45) is 0 Å². The Morgan fingerprint density at radius 2 is 1.58 bits per heavy atom. The predicted octanol–water partition coefficient (Wildman–Crippen LogP) is 3.80. The van der Waals surface area contributed by atoms with Crippen LogP contribution in [0.25, 0.3) is 6.08 Å². The largest absolute Gasteiger partial charge is 0.493 e. The van der Waals surface area contributed by atoms with Gasteiger partial charge < -0.3 is 19.5 Å². The summed E-state index contributed by atoms with van der Waals surface area (Å²) < 4.78 is 16.0. The number of carbonyl (C=O) groups excluding carboxylic acids is 3. The Balaban J connectivity index is 1.69. The molecule has 174 valence electrons. The molecule has 0 atom stereocenters. The molecule has 2 aromatic rings. The van der Waals surface area contributed by atoms with Crippen LogP contribution in [0.15, 0.2) is 35.2 Å². The fraction of sp³-hybridized carbons (Fsp3) is 0.292. The molecule has 0 aromatic heterocycles. The van der Waals surface area contributed by atoms with Gasteiger partial charge in [0.05, 0.1) is 26.2 Å². The smallest absolute Gasteiger partial charge is 0.293 e. The Morgan fingerprint density at radius 1 is 0.970 bits per heavy atom. The van der Waals surface area contributed by atoms with Gasteiger partial charge in [0.1, 0.15) is 0 Å². The van der Waals surface area contributed by atoms with Gasteiger partial charge in [0.25, 0.3) is 17.1 Å². The third-order valence-electron chi connectivity index (χ3n) is 4.96. The number of rotatable bonds is 8. The van der Waals surface area contributed by atoms with Crippen molar-refractivity contribution in [3.63, 3.8) is 0 Å². The molecule has 8 nitrogen and oxygen atoms in total. The summed E-state index contributed by atoms with van der Waals surface area (Å²) in [6.45, 7) is 4.07. The van der Waals surface area contributed by atoms with E-state index in [0.717, 1.165) is 27.8 Å². The quantitative estimate of drug-likeness (QED) is 0.587. The van der Waals surface area contributed by atoms with Gasteiger partial charge in [-0.15, -0.1) is 0 Å². The molecule has 33 heavy (non-hydrogen) atoms. The van der Waals surface area contributed by atoms with Gasteiger partial charge in [-0.2, -0.15) is 0 Å². The minimum atomic E-state index is -0.417. The molecule has 1 saturated heterocycles. The molecule has 1 aliphatic heterocycles. The van der Waals surface area contributed by atoms with E-state index in [1.165, 1.54) is 21.3 Å². The van der Waals surface area contributed by atoms with Gasteiger partial charge in [0.2, 0.25) is 5.75 Å². The minimum Gasteiger partial charge on any atom is -0.493 e. The summed E-state index contributed by atoms with van der Waals surface area (Å²) >= 11 is 0.846. The summed E-state index contributed by atoms with van der Waals surface area (Å²) in [6, 6.07) is 8.96. The van der Waals surface area contributed by atoms with Crippen molar-refractivity contribution < 1.29 is 28.6 Å². The topological polar surface area (TPSA) is 94.2 Å². The molecule has 0 unspecified atom stereocenters. The van der Waals surface area contributed by atoms with E-state index in [0.29, 0.717) is 28.4 Å². The number of benzene rings is 2. The van der Waals surface area contributed by atoms with Gasteiger partial charge in [0, 0.05) is 18.7 Å². The lowest BCUT2D eigenvalue weighted by atomic mass is 10.1. The molecule has 0 spiro atoms. The first-order valence-corrected chi connectivity index (χ1v) is 11.0. The summed E-state index contributed by atoms with van der Waals surface area (Å²) in [6.07, 6.45) is 1.60. The third-order valence-corrected chi connectivity index (χ3v) is 5.87. The highest BCUT2D eigenvalue weighted by molar-refractivity contribution is 8.18. The van der Waals surface area contributed by atoms with Gasteiger partial charge in [-0.3, -0.25) is 19.3 Å². The van der Waals surface area contributed by atoms with Gasteiger partial charge in [-0.1, -0.05) is 17.2 Å². The summed E-state index contributed by atoms with van der Waals surface area (Å²) in [4.78, 5) is 39.0. The molecular weight excluding hydrogens is 444 g/mol. The summed E-state index contributed by atoms with van der Waals surface area (Å²) in [7, 11) is 4.51. The molecule has 1 N–H and O–H groups in total. The first-order valence-electron chi connectivity index (χ1n) is 10.2. The second-order valence-electron chi connectivity index (χ2n) is 7.42. The maximum atomic E-state index is 12.8. The van der Waals surface area contributed by atoms with Crippen molar-refractivity contribution in [2.45, 2.75) is 13.8 Å². The Morgan fingerprint density at radius 3 is 2.12 bits per heavy atom. The maximum Gasteiger partial charge on any atom is 0.293 e. The molecule has 0 radical (unpaired) electrons. The van der Waals surface area contributed by atoms with Gasteiger partial charge in [0.15, 0.2) is 11.5 Å². The molecule has 3 amide bonds. The third kappa shape index (κ3) is 5.48. The molecule has 0 aliphatic carbocycles. The van der Waals surface area contributed by atoms with Crippen LogP contribution < -0.4 is 19.5 Å². The second-order valence-corrected chi connectivity index (χ2v) is 8.42. The number of aryl methyl sites for hydroxylation is 2. The first-order chi connectivity index (χ1) is 15.8.